The van der Waals surface area contributed by atoms with Gasteiger partial charge in [-0.25, -0.2) is 8.78 Å². The first-order valence-corrected chi connectivity index (χ1v) is 6.86. The molecular weight excluding hydrogens is 288 g/mol. The average Bonchev–Trinajstić information content (AvgIpc) is 2.38. The molecule has 0 heterocycles. The Balaban J connectivity index is 2.28. The number of hydrogen-bond acceptors (Lipinski definition) is 3. The van der Waals surface area contributed by atoms with E-state index >= 15 is 0 Å². The number of hydrogen-bond donors (Lipinski definition) is 0. The number of nitrogens with zero attached hydrogens (tertiary/aromatic N) is 1. The third-order valence-corrected chi connectivity index (χ3v) is 3.95. The zero-order chi connectivity index (χ0) is 14.7. The lowest BCUT2D eigenvalue weighted by Crippen LogP contribution is -2.00. The average molecular weight is 297 g/mol. The van der Waals surface area contributed by atoms with Crippen molar-refractivity contribution in [3.05, 3.63) is 69.8 Å². The Hall–Kier alpha value is -2.15. The Kier molecular flexibility index (Phi) is 4.19. The van der Waals surface area contributed by atoms with Crippen LogP contribution in [0.5, 0.6) is 0 Å². The van der Waals surface area contributed by atoms with E-state index in [0.717, 1.165) is 18.2 Å². The molecule has 0 N–H and O–H groups in total. The van der Waals surface area contributed by atoms with Gasteiger partial charge in [0.05, 0.1) is 32.4 Å². The first kappa shape index (κ1) is 14.3. The molecule has 0 saturated carbocycles. The standard InChI is InChI=1S/C13H9F2NO3S/c14-10-5-9(6-11(7-10)16(17)18)8-20(19)13-4-2-1-3-12(13)15/h1-7H,8H2. The highest BCUT2D eigenvalue weighted by Crippen LogP contribution is 2.20. The minimum atomic E-state index is -1.74. The molecular formula is C13H9F2NO3S. The molecule has 0 bridgehead atoms. The van der Waals surface area contributed by atoms with Gasteiger partial charge in [-0.1, -0.05) is 12.1 Å². The van der Waals surface area contributed by atoms with E-state index in [0.29, 0.717) is 0 Å². The normalized spacial score (nSPS) is 12.1. The van der Waals surface area contributed by atoms with Crippen molar-refractivity contribution in [2.24, 2.45) is 0 Å². The Labute approximate surface area is 115 Å². The fourth-order valence-corrected chi connectivity index (χ4v) is 2.82. The molecule has 0 aliphatic carbocycles. The molecule has 0 aliphatic rings. The van der Waals surface area contributed by atoms with Gasteiger partial charge in [0, 0.05) is 6.07 Å². The molecule has 2 aromatic rings. The number of benzene rings is 2. The van der Waals surface area contributed by atoms with Gasteiger partial charge >= 0.3 is 0 Å². The van der Waals surface area contributed by atoms with E-state index in [-0.39, 0.29) is 16.2 Å². The molecule has 4 nitrogen and oxygen atoms in total. The van der Waals surface area contributed by atoms with Crippen LogP contribution in [0.3, 0.4) is 0 Å². The second kappa shape index (κ2) is 5.87. The number of halogens is 2. The van der Waals surface area contributed by atoms with Crippen LogP contribution in [-0.2, 0) is 16.6 Å². The van der Waals surface area contributed by atoms with Crippen molar-refractivity contribution in [1.82, 2.24) is 0 Å². The van der Waals surface area contributed by atoms with Gasteiger partial charge in [0.1, 0.15) is 11.6 Å². The first-order valence-electron chi connectivity index (χ1n) is 5.54. The predicted molar refractivity (Wildman–Crippen MR) is 69.6 cm³/mol. The van der Waals surface area contributed by atoms with E-state index < -0.39 is 33.0 Å². The molecule has 7 heteroatoms. The van der Waals surface area contributed by atoms with Crippen LogP contribution in [0.4, 0.5) is 14.5 Å². The number of nitro benzene ring substituents is 1. The van der Waals surface area contributed by atoms with Crippen molar-refractivity contribution in [2.75, 3.05) is 0 Å². The molecule has 0 aromatic heterocycles. The highest BCUT2D eigenvalue weighted by Gasteiger charge is 2.14. The largest absolute Gasteiger partial charge is 0.272 e. The molecule has 2 aromatic carbocycles. The van der Waals surface area contributed by atoms with E-state index in [4.69, 9.17) is 0 Å². The lowest BCUT2D eigenvalue weighted by Gasteiger charge is -2.04. The molecule has 0 aliphatic heterocycles. The lowest BCUT2D eigenvalue weighted by atomic mass is 10.2. The summed E-state index contributed by atoms with van der Waals surface area (Å²) in [5.74, 6) is -1.61. The number of nitro groups is 1. The summed E-state index contributed by atoms with van der Waals surface area (Å²) < 4.78 is 38.7. The molecule has 0 saturated heterocycles. The van der Waals surface area contributed by atoms with Gasteiger partial charge in [0.25, 0.3) is 5.69 Å². The van der Waals surface area contributed by atoms with Crippen LogP contribution in [0.1, 0.15) is 5.56 Å². The minimum Gasteiger partial charge on any atom is -0.258 e. The van der Waals surface area contributed by atoms with E-state index in [9.17, 15) is 23.1 Å². The Morgan fingerprint density at radius 1 is 1.15 bits per heavy atom. The highest BCUT2D eigenvalue weighted by atomic mass is 32.2. The van der Waals surface area contributed by atoms with Gasteiger partial charge in [0.15, 0.2) is 0 Å². The van der Waals surface area contributed by atoms with Gasteiger partial charge in [-0.05, 0) is 23.8 Å². The smallest absolute Gasteiger partial charge is 0.258 e. The third-order valence-electron chi connectivity index (χ3n) is 2.53. The molecule has 0 fully saturated rings. The van der Waals surface area contributed by atoms with E-state index in [2.05, 4.69) is 0 Å². The van der Waals surface area contributed by atoms with Gasteiger partial charge in [-0.15, -0.1) is 0 Å². The molecule has 104 valence electrons. The summed E-state index contributed by atoms with van der Waals surface area (Å²) in [6.07, 6.45) is 0. The second-order valence-corrected chi connectivity index (χ2v) is 5.41. The van der Waals surface area contributed by atoms with Crippen LogP contribution < -0.4 is 0 Å². The van der Waals surface area contributed by atoms with Gasteiger partial charge in [-0.3, -0.25) is 14.3 Å². The number of non-ortho nitro benzene ring substituents is 1. The minimum absolute atomic E-state index is 0.0144. The maximum Gasteiger partial charge on any atom is 0.272 e. The van der Waals surface area contributed by atoms with Crippen molar-refractivity contribution in [2.45, 2.75) is 10.6 Å². The van der Waals surface area contributed by atoms with Gasteiger partial charge < -0.3 is 0 Å². The Morgan fingerprint density at radius 3 is 2.50 bits per heavy atom. The first-order chi connectivity index (χ1) is 9.47. The lowest BCUT2D eigenvalue weighted by molar-refractivity contribution is -0.385. The van der Waals surface area contributed by atoms with Crippen LogP contribution in [0.15, 0.2) is 47.4 Å². The predicted octanol–water partition coefficient (Wildman–Crippen LogP) is 3.18. The topological polar surface area (TPSA) is 60.2 Å². The van der Waals surface area contributed by atoms with Crippen molar-refractivity contribution in [3.8, 4) is 0 Å². The van der Waals surface area contributed by atoms with Gasteiger partial charge in [0.2, 0.25) is 0 Å². The SMILES string of the molecule is O=[N+]([O-])c1cc(F)cc(CS(=O)c2ccccc2F)c1. The van der Waals surface area contributed by atoms with Crippen molar-refractivity contribution < 1.29 is 17.9 Å². The molecule has 0 spiro atoms. The summed E-state index contributed by atoms with van der Waals surface area (Å²) in [6.45, 7) is 0. The van der Waals surface area contributed by atoms with Crippen molar-refractivity contribution in [3.63, 3.8) is 0 Å². The third kappa shape index (κ3) is 3.24. The molecule has 1 atom stereocenters. The molecule has 1 unspecified atom stereocenters. The highest BCUT2D eigenvalue weighted by molar-refractivity contribution is 7.84. The monoisotopic (exact) mass is 297 g/mol. The van der Waals surface area contributed by atoms with Crippen LogP contribution in [-0.4, -0.2) is 9.13 Å². The summed E-state index contributed by atoms with van der Waals surface area (Å²) in [4.78, 5) is 9.87. The second-order valence-electron chi connectivity index (χ2n) is 4.00. The maximum atomic E-state index is 13.5. The summed E-state index contributed by atoms with van der Waals surface area (Å²) in [5, 5.41) is 10.6. The van der Waals surface area contributed by atoms with E-state index in [1.165, 1.54) is 24.3 Å². The van der Waals surface area contributed by atoms with Crippen LogP contribution in [0.25, 0.3) is 0 Å². The quantitative estimate of drug-likeness (QED) is 0.643. The summed E-state index contributed by atoms with van der Waals surface area (Å²) in [5.41, 5.74) is -0.246. The van der Waals surface area contributed by atoms with Crippen LogP contribution >= 0.6 is 0 Å². The zero-order valence-electron chi connectivity index (χ0n) is 10.1. The van der Waals surface area contributed by atoms with E-state index in [1.807, 2.05) is 0 Å². The molecule has 2 rings (SSSR count). The molecule has 20 heavy (non-hydrogen) atoms. The zero-order valence-corrected chi connectivity index (χ0v) is 10.9. The summed E-state index contributed by atoms with van der Waals surface area (Å²) >= 11 is 0. The van der Waals surface area contributed by atoms with E-state index in [1.54, 1.807) is 0 Å². The van der Waals surface area contributed by atoms with Crippen molar-refractivity contribution in [1.29, 1.82) is 0 Å². The summed E-state index contributed by atoms with van der Waals surface area (Å²) in [7, 11) is -1.74. The molecule has 0 radical (unpaired) electrons. The fourth-order valence-electron chi connectivity index (χ4n) is 1.68. The Morgan fingerprint density at radius 2 is 1.85 bits per heavy atom. The van der Waals surface area contributed by atoms with Crippen molar-refractivity contribution >= 4 is 16.5 Å². The maximum absolute atomic E-state index is 13.5. The summed E-state index contributed by atoms with van der Waals surface area (Å²) in [6, 6.07) is 8.47. The van der Waals surface area contributed by atoms with Crippen LogP contribution in [0.2, 0.25) is 0 Å². The fraction of sp³-hybridized carbons (Fsp3) is 0.0769. The number of rotatable bonds is 4. The Bertz CT molecular complexity index is 691. The molecule has 0 amide bonds. The van der Waals surface area contributed by atoms with Gasteiger partial charge in [-0.2, -0.15) is 0 Å². The van der Waals surface area contributed by atoms with Crippen LogP contribution in [0, 0.1) is 21.7 Å².